The van der Waals surface area contributed by atoms with Crippen LogP contribution in [0.5, 0.6) is 11.5 Å². The first-order valence-corrected chi connectivity index (χ1v) is 7.27. The maximum atomic E-state index is 5.90. The van der Waals surface area contributed by atoms with E-state index in [1.54, 1.807) is 7.11 Å². The molecule has 0 unspecified atom stereocenters. The Morgan fingerprint density at radius 2 is 1.41 bits per heavy atom. The zero-order valence-electron chi connectivity index (χ0n) is 12.5. The van der Waals surface area contributed by atoms with E-state index in [1.165, 1.54) is 5.56 Å². The summed E-state index contributed by atoms with van der Waals surface area (Å²) in [5.74, 6) is 1.70. The molecule has 0 aromatic heterocycles. The molecule has 0 atom stereocenters. The van der Waals surface area contributed by atoms with Crippen molar-refractivity contribution in [3.8, 4) is 22.6 Å². The minimum Gasteiger partial charge on any atom is -0.497 e. The van der Waals surface area contributed by atoms with Crippen molar-refractivity contribution in [2.24, 2.45) is 0 Å². The molecular formula is C20H18O2. The summed E-state index contributed by atoms with van der Waals surface area (Å²) in [4.78, 5) is 0. The third-order valence-corrected chi connectivity index (χ3v) is 3.53. The fraction of sp³-hybridized carbons (Fsp3) is 0.100. The van der Waals surface area contributed by atoms with Gasteiger partial charge in [0.05, 0.1) is 7.11 Å². The van der Waals surface area contributed by atoms with E-state index in [2.05, 4.69) is 18.2 Å². The van der Waals surface area contributed by atoms with Gasteiger partial charge in [0.1, 0.15) is 18.1 Å². The summed E-state index contributed by atoms with van der Waals surface area (Å²) in [6, 6.07) is 26.3. The van der Waals surface area contributed by atoms with Crippen molar-refractivity contribution >= 4 is 0 Å². The van der Waals surface area contributed by atoms with Crippen LogP contribution in [0.4, 0.5) is 0 Å². The molecule has 3 aromatic carbocycles. The Hall–Kier alpha value is -2.74. The normalized spacial score (nSPS) is 10.2. The van der Waals surface area contributed by atoms with Gasteiger partial charge >= 0.3 is 0 Å². The number of hydrogen-bond acceptors (Lipinski definition) is 2. The van der Waals surface area contributed by atoms with Crippen LogP contribution in [0.2, 0.25) is 0 Å². The quantitative estimate of drug-likeness (QED) is 0.662. The predicted octanol–water partition coefficient (Wildman–Crippen LogP) is 4.94. The van der Waals surface area contributed by atoms with Crippen LogP contribution in [0, 0.1) is 0 Å². The van der Waals surface area contributed by atoms with Gasteiger partial charge in [0.25, 0.3) is 0 Å². The van der Waals surface area contributed by atoms with Gasteiger partial charge in [0.15, 0.2) is 0 Å². The highest BCUT2D eigenvalue weighted by Gasteiger charge is 2.07. The lowest BCUT2D eigenvalue weighted by molar-refractivity contribution is 0.305. The standard InChI is InChI=1S/C20H18O2/c1-21-19-12-13-20(16-8-4-2-5-9-16)17(14-19)15-22-18-10-6-3-7-11-18/h2-14H,15H2,1H3. The molecule has 0 saturated carbocycles. The topological polar surface area (TPSA) is 18.5 Å². The molecule has 2 nitrogen and oxygen atoms in total. The first-order chi connectivity index (χ1) is 10.9. The summed E-state index contributed by atoms with van der Waals surface area (Å²) < 4.78 is 11.2. The van der Waals surface area contributed by atoms with Crippen LogP contribution in [0.15, 0.2) is 78.9 Å². The summed E-state index contributed by atoms with van der Waals surface area (Å²) in [5.41, 5.74) is 3.45. The lowest BCUT2D eigenvalue weighted by Crippen LogP contribution is -1.99. The Morgan fingerprint density at radius 3 is 2.09 bits per heavy atom. The average Bonchev–Trinajstić information content (AvgIpc) is 2.61. The first kappa shape index (κ1) is 14.2. The maximum Gasteiger partial charge on any atom is 0.119 e. The second kappa shape index (κ2) is 6.81. The van der Waals surface area contributed by atoms with Gasteiger partial charge in [-0.25, -0.2) is 0 Å². The Balaban J connectivity index is 1.90. The molecule has 22 heavy (non-hydrogen) atoms. The highest BCUT2D eigenvalue weighted by molar-refractivity contribution is 5.68. The molecule has 0 aliphatic heterocycles. The fourth-order valence-electron chi connectivity index (χ4n) is 2.39. The molecule has 110 valence electrons. The van der Waals surface area contributed by atoms with Crippen LogP contribution in [-0.2, 0) is 6.61 Å². The minimum atomic E-state index is 0.505. The molecule has 0 amide bonds. The van der Waals surface area contributed by atoms with Crippen molar-refractivity contribution in [2.75, 3.05) is 7.11 Å². The number of para-hydroxylation sites is 1. The van der Waals surface area contributed by atoms with Gasteiger partial charge in [0, 0.05) is 5.56 Å². The van der Waals surface area contributed by atoms with Crippen LogP contribution < -0.4 is 9.47 Å². The highest BCUT2D eigenvalue weighted by atomic mass is 16.5. The van der Waals surface area contributed by atoms with Gasteiger partial charge in [-0.3, -0.25) is 0 Å². The largest absolute Gasteiger partial charge is 0.497 e. The zero-order chi connectivity index (χ0) is 15.2. The number of benzene rings is 3. The van der Waals surface area contributed by atoms with Crippen molar-refractivity contribution in [3.05, 3.63) is 84.4 Å². The summed E-state index contributed by atoms with van der Waals surface area (Å²) in [7, 11) is 1.68. The number of hydrogen-bond donors (Lipinski definition) is 0. The van der Waals surface area contributed by atoms with E-state index in [4.69, 9.17) is 9.47 Å². The highest BCUT2D eigenvalue weighted by Crippen LogP contribution is 2.28. The molecule has 0 bridgehead atoms. The van der Waals surface area contributed by atoms with Crippen molar-refractivity contribution < 1.29 is 9.47 Å². The number of rotatable bonds is 5. The SMILES string of the molecule is COc1ccc(-c2ccccc2)c(COc2ccccc2)c1. The molecule has 2 heteroatoms. The lowest BCUT2D eigenvalue weighted by Gasteiger charge is -2.13. The molecule has 0 radical (unpaired) electrons. The van der Waals surface area contributed by atoms with Crippen LogP contribution in [0.25, 0.3) is 11.1 Å². The van der Waals surface area contributed by atoms with E-state index in [-0.39, 0.29) is 0 Å². The summed E-state index contributed by atoms with van der Waals surface area (Å²) in [6.45, 7) is 0.505. The molecule has 0 heterocycles. The monoisotopic (exact) mass is 290 g/mol. The molecule has 3 rings (SSSR count). The van der Waals surface area contributed by atoms with Gasteiger partial charge in [-0.2, -0.15) is 0 Å². The second-order valence-corrected chi connectivity index (χ2v) is 4.99. The smallest absolute Gasteiger partial charge is 0.119 e. The number of methoxy groups -OCH3 is 1. The molecule has 0 N–H and O–H groups in total. The van der Waals surface area contributed by atoms with Gasteiger partial charge in [0.2, 0.25) is 0 Å². The molecular weight excluding hydrogens is 272 g/mol. The van der Waals surface area contributed by atoms with E-state index in [9.17, 15) is 0 Å². The third-order valence-electron chi connectivity index (χ3n) is 3.53. The van der Waals surface area contributed by atoms with Gasteiger partial charge in [-0.05, 0) is 35.4 Å². The van der Waals surface area contributed by atoms with Crippen molar-refractivity contribution in [2.45, 2.75) is 6.61 Å². The van der Waals surface area contributed by atoms with E-state index in [0.29, 0.717) is 6.61 Å². The second-order valence-electron chi connectivity index (χ2n) is 4.99. The summed E-state index contributed by atoms with van der Waals surface area (Å²) in [5, 5.41) is 0. The molecule has 0 aliphatic rings. The molecule has 3 aromatic rings. The predicted molar refractivity (Wildman–Crippen MR) is 89.2 cm³/mol. The van der Waals surface area contributed by atoms with Crippen LogP contribution in [-0.4, -0.2) is 7.11 Å². The molecule has 0 aliphatic carbocycles. The Bertz CT molecular complexity index is 721. The molecule has 0 spiro atoms. The Morgan fingerprint density at radius 1 is 0.727 bits per heavy atom. The Kier molecular flexibility index (Phi) is 4.40. The Labute approximate surface area is 131 Å². The van der Waals surface area contributed by atoms with Crippen LogP contribution in [0.1, 0.15) is 5.56 Å². The van der Waals surface area contributed by atoms with E-state index < -0.39 is 0 Å². The van der Waals surface area contributed by atoms with Gasteiger partial charge < -0.3 is 9.47 Å². The van der Waals surface area contributed by atoms with E-state index in [1.807, 2.05) is 60.7 Å². The van der Waals surface area contributed by atoms with Gasteiger partial charge in [-0.15, -0.1) is 0 Å². The third kappa shape index (κ3) is 3.29. The summed E-state index contributed by atoms with van der Waals surface area (Å²) in [6.07, 6.45) is 0. The average molecular weight is 290 g/mol. The fourth-order valence-corrected chi connectivity index (χ4v) is 2.39. The van der Waals surface area contributed by atoms with Crippen molar-refractivity contribution in [1.82, 2.24) is 0 Å². The first-order valence-electron chi connectivity index (χ1n) is 7.27. The maximum absolute atomic E-state index is 5.90. The molecule has 0 saturated heterocycles. The van der Waals surface area contributed by atoms with Crippen LogP contribution >= 0.6 is 0 Å². The minimum absolute atomic E-state index is 0.505. The van der Waals surface area contributed by atoms with Crippen LogP contribution in [0.3, 0.4) is 0 Å². The van der Waals surface area contributed by atoms with Crippen molar-refractivity contribution in [3.63, 3.8) is 0 Å². The van der Waals surface area contributed by atoms with E-state index >= 15 is 0 Å². The zero-order valence-corrected chi connectivity index (χ0v) is 12.5. The van der Waals surface area contributed by atoms with Crippen molar-refractivity contribution in [1.29, 1.82) is 0 Å². The lowest BCUT2D eigenvalue weighted by atomic mass is 10.00. The number of ether oxygens (including phenoxy) is 2. The molecule has 0 fully saturated rings. The van der Waals surface area contributed by atoms with E-state index in [0.717, 1.165) is 22.6 Å². The summed E-state index contributed by atoms with van der Waals surface area (Å²) >= 11 is 0. The van der Waals surface area contributed by atoms with Gasteiger partial charge in [-0.1, -0.05) is 54.6 Å².